The molecule has 0 bridgehead atoms. The lowest BCUT2D eigenvalue weighted by Gasteiger charge is -2.07. The van der Waals surface area contributed by atoms with Crippen molar-refractivity contribution in [3.8, 4) is 6.08 Å². The maximum absolute atomic E-state index is 5.37. The van der Waals surface area contributed by atoms with Gasteiger partial charge in [-0.1, -0.05) is 0 Å². The van der Waals surface area contributed by atoms with E-state index in [1.165, 1.54) is 12.8 Å². The topological polar surface area (TPSA) is 50.5 Å². The Hall–Kier alpha value is -1.07. The second-order valence-electron chi connectivity index (χ2n) is 4.41. The van der Waals surface area contributed by atoms with Crippen LogP contribution in [0.25, 0.3) is 0 Å². The van der Waals surface area contributed by atoms with Crippen LogP contribution in [-0.4, -0.2) is 43.2 Å². The molecule has 5 heteroatoms. The first-order chi connectivity index (χ1) is 7.74. The molecule has 0 saturated heterocycles. The molecule has 5 nitrogen and oxygen atoms in total. The van der Waals surface area contributed by atoms with Gasteiger partial charge in [0.2, 0.25) is 0 Å². The highest BCUT2D eigenvalue weighted by Crippen LogP contribution is 2.19. The molecule has 1 aromatic heterocycles. The zero-order valence-corrected chi connectivity index (χ0v) is 9.90. The summed E-state index contributed by atoms with van der Waals surface area (Å²) in [4.78, 5) is 6.29. The number of rotatable bonds is 7. The van der Waals surface area contributed by atoms with Gasteiger partial charge in [-0.2, -0.15) is 4.98 Å². The summed E-state index contributed by atoms with van der Waals surface area (Å²) in [6, 6.07) is 0.690. The summed E-state index contributed by atoms with van der Waals surface area (Å²) in [7, 11) is 4.01. The van der Waals surface area contributed by atoms with Crippen molar-refractivity contribution in [3.63, 3.8) is 0 Å². The first-order valence-corrected chi connectivity index (χ1v) is 5.69. The summed E-state index contributed by atoms with van der Waals surface area (Å²) in [5, 5.41) is 3.37. The number of likely N-dealkylation sites (N-methyl/N-ethyl adjacent to an activating group) is 1. The zero-order valence-electron chi connectivity index (χ0n) is 9.90. The summed E-state index contributed by atoms with van der Waals surface area (Å²) >= 11 is 0. The second kappa shape index (κ2) is 5.32. The van der Waals surface area contributed by atoms with Crippen LogP contribution in [0.1, 0.15) is 18.5 Å². The van der Waals surface area contributed by atoms with Gasteiger partial charge in [0.15, 0.2) is 0 Å². The Kier molecular flexibility index (Phi) is 3.79. The van der Waals surface area contributed by atoms with Crippen molar-refractivity contribution in [1.82, 2.24) is 15.2 Å². The number of nitrogens with zero attached hydrogens (tertiary/aromatic N) is 2. The summed E-state index contributed by atoms with van der Waals surface area (Å²) in [6.07, 6.45) is 4.59. The standard InChI is InChI=1S/C11H19N3O2/c1-14(2)5-6-15-11-13-10(8-16-11)7-12-9-3-4-9/h8-9,12H,3-7H2,1-2H3. The van der Waals surface area contributed by atoms with Crippen LogP contribution in [0.2, 0.25) is 0 Å². The smallest absolute Gasteiger partial charge is 0.393 e. The van der Waals surface area contributed by atoms with E-state index < -0.39 is 0 Å². The zero-order chi connectivity index (χ0) is 11.4. The maximum Gasteiger partial charge on any atom is 0.393 e. The first-order valence-electron chi connectivity index (χ1n) is 5.69. The Labute approximate surface area is 95.8 Å². The first kappa shape index (κ1) is 11.4. The number of hydrogen-bond donors (Lipinski definition) is 1. The van der Waals surface area contributed by atoms with E-state index >= 15 is 0 Å². The molecule has 90 valence electrons. The van der Waals surface area contributed by atoms with Gasteiger partial charge in [0.05, 0.1) is 5.69 Å². The Balaban J connectivity index is 1.68. The number of nitrogens with one attached hydrogen (secondary N) is 1. The number of aromatic nitrogens is 1. The Morgan fingerprint density at radius 3 is 3.06 bits per heavy atom. The third-order valence-corrected chi connectivity index (χ3v) is 2.44. The minimum absolute atomic E-state index is 0.370. The third kappa shape index (κ3) is 3.83. The lowest BCUT2D eigenvalue weighted by molar-refractivity contribution is 0.203. The molecule has 0 atom stereocenters. The van der Waals surface area contributed by atoms with Gasteiger partial charge in [0.25, 0.3) is 0 Å². The van der Waals surface area contributed by atoms with Gasteiger partial charge < -0.3 is 19.4 Å². The highest BCUT2D eigenvalue weighted by molar-refractivity contribution is 5.00. The predicted octanol–water partition coefficient (Wildman–Crippen LogP) is 0.867. The fraction of sp³-hybridized carbons (Fsp3) is 0.727. The summed E-state index contributed by atoms with van der Waals surface area (Å²) in [5.74, 6) is 0. The molecule has 0 amide bonds. The van der Waals surface area contributed by atoms with Crippen molar-refractivity contribution in [2.24, 2.45) is 0 Å². The predicted molar refractivity (Wildman–Crippen MR) is 60.4 cm³/mol. The van der Waals surface area contributed by atoms with Crippen LogP contribution < -0.4 is 10.1 Å². The largest absolute Gasteiger partial charge is 0.449 e. The molecule has 1 aromatic rings. The normalized spacial score (nSPS) is 15.7. The van der Waals surface area contributed by atoms with Crippen LogP contribution >= 0.6 is 0 Å². The number of ether oxygens (including phenoxy) is 1. The quantitative estimate of drug-likeness (QED) is 0.746. The minimum Gasteiger partial charge on any atom is -0.449 e. The van der Waals surface area contributed by atoms with Crippen molar-refractivity contribution in [3.05, 3.63) is 12.0 Å². The average Bonchev–Trinajstić information content (AvgIpc) is 2.96. The van der Waals surface area contributed by atoms with Gasteiger partial charge in [-0.3, -0.25) is 0 Å². The molecule has 1 aliphatic rings. The fourth-order valence-corrected chi connectivity index (χ4v) is 1.29. The molecule has 0 aliphatic heterocycles. The van der Waals surface area contributed by atoms with E-state index in [9.17, 15) is 0 Å². The van der Waals surface area contributed by atoms with Crippen LogP contribution in [0.4, 0.5) is 0 Å². The summed E-state index contributed by atoms with van der Waals surface area (Å²) in [6.45, 7) is 2.23. The molecule has 1 heterocycles. The van der Waals surface area contributed by atoms with E-state index in [0.717, 1.165) is 18.8 Å². The van der Waals surface area contributed by atoms with Crippen LogP contribution in [0.15, 0.2) is 10.7 Å². The third-order valence-electron chi connectivity index (χ3n) is 2.44. The summed E-state index contributed by atoms with van der Waals surface area (Å²) < 4.78 is 10.6. The monoisotopic (exact) mass is 225 g/mol. The van der Waals surface area contributed by atoms with Crippen molar-refractivity contribution in [1.29, 1.82) is 0 Å². The molecule has 16 heavy (non-hydrogen) atoms. The Morgan fingerprint density at radius 2 is 2.38 bits per heavy atom. The van der Waals surface area contributed by atoms with Gasteiger partial charge in [-0.25, -0.2) is 0 Å². The second-order valence-corrected chi connectivity index (χ2v) is 4.41. The highest BCUT2D eigenvalue weighted by atomic mass is 16.6. The van der Waals surface area contributed by atoms with E-state index in [4.69, 9.17) is 9.15 Å². The molecule has 0 unspecified atom stereocenters. The van der Waals surface area contributed by atoms with Gasteiger partial charge in [-0.05, 0) is 26.9 Å². The van der Waals surface area contributed by atoms with Gasteiger partial charge in [-0.15, -0.1) is 0 Å². The van der Waals surface area contributed by atoms with E-state index in [-0.39, 0.29) is 0 Å². The van der Waals surface area contributed by atoms with E-state index in [1.54, 1.807) is 6.26 Å². The molecule has 0 radical (unpaired) electrons. The van der Waals surface area contributed by atoms with Crippen LogP contribution in [0.5, 0.6) is 6.08 Å². The van der Waals surface area contributed by atoms with E-state index in [1.807, 2.05) is 14.1 Å². The van der Waals surface area contributed by atoms with E-state index in [2.05, 4.69) is 15.2 Å². The molecule has 0 spiro atoms. The van der Waals surface area contributed by atoms with Crippen LogP contribution in [-0.2, 0) is 6.54 Å². The average molecular weight is 225 g/mol. The fourth-order valence-electron chi connectivity index (χ4n) is 1.29. The Morgan fingerprint density at radius 1 is 1.56 bits per heavy atom. The molecule has 2 rings (SSSR count). The van der Waals surface area contributed by atoms with Gasteiger partial charge in [0, 0.05) is 19.1 Å². The van der Waals surface area contributed by atoms with Crippen molar-refractivity contribution >= 4 is 0 Å². The molecule has 1 fully saturated rings. The molecule has 1 aliphatic carbocycles. The molecule has 1 saturated carbocycles. The van der Waals surface area contributed by atoms with Crippen LogP contribution in [0.3, 0.4) is 0 Å². The van der Waals surface area contributed by atoms with Crippen molar-refractivity contribution in [2.45, 2.75) is 25.4 Å². The van der Waals surface area contributed by atoms with Gasteiger partial charge >= 0.3 is 6.08 Å². The van der Waals surface area contributed by atoms with Gasteiger partial charge in [0.1, 0.15) is 12.9 Å². The highest BCUT2D eigenvalue weighted by Gasteiger charge is 2.20. The lowest BCUT2D eigenvalue weighted by Crippen LogP contribution is -2.19. The molecule has 0 aromatic carbocycles. The lowest BCUT2D eigenvalue weighted by atomic mass is 10.5. The van der Waals surface area contributed by atoms with E-state index in [0.29, 0.717) is 18.7 Å². The van der Waals surface area contributed by atoms with Crippen molar-refractivity contribution < 1.29 is 9.15 Å². The van der Waals surface area contributed by atoms with Crippen LogP contribution in [0, 0.1) is 0 Å². The minimum atomic E-state index is 0.370. The maximum atomic E-state index is 5.37. The SMILES string of the molecule is CN(C)CCOc1nc(CNC2CC2)co1. The molecule has 1 N–H and O–H groups in total. The number of oxazole rings is 1. The Bertz CT molecular complexity index is 321. The molecular formula is C11H19N3O2. The summed E-state index contributed by atoms with van der Waals surface area (Å²) in [5.41, 5.74) is 0.909. The molecular weight excluding hydrogens is 206 g/mol. The van der Waals surface area contributed by atoms with Crippen molar-refractivity contribution in [2.75, 3.05) is 27.2 Å². The number of hydrogen-bond acceptors (Lipinski definition) is 5.